The molecule has 0 saturated heterocycles. The highest BCUT2D eigenvalue weighted by molar-refractivity contribution is 6.00. The van der Waals surface area contributed by atoms with E-state index in [2.05, 4.69) is 10.1 Å². The normalized spacial score (nSPS) is 20.8. The van der Waals surface area contributed by atoms with Crippen molar-refractivity contribution in [1.82, 2.24) is 14.8 Å². The summed E-state index contributed by atoms with van der Waals surface area (Å²) in [7, 11) is 0. The molecule has 2 N–H and O–H groups in total. The monoisotopic (exact) mass is 270 g/mol. The Hall–Kier alpha value is -2.01. The minimum Gasteiger partial charge on any atom is -0.322 e. The van der Waals surface area contributed by atoms with Crippen LogP contribution >= 0.6 is 0 Å². The molecule has 0 aromatic carbocycles. The lowest BCUT2D eigenvalue weighted by Crippen LogP contribution is -2.38. The molecule has 104 valence electrons. The fraction of sp³-hybridized carbons (Fsp3) is 0.400. The van der Waals surface area contributed by atoms with Gasteiger partial charge in [-0.25, -0.2) is 9.67 Å². The maximum atomic E-state index is 12.4. The van der Waals surface area contributed by atoms with Crippen LogP contribution in [0.4, 0.5) is 0 Å². The average molecular weight is 270 g/mol. The van der Waals surface area contributed by atoms with E-state index in [1.165, 1.54) is 0 Å². The molecule has 5 heteroatoms. The fourth-order valence-corrected chi connectivity index (χ4v) is 2.81. The number of nitrogens with two attached hydrogens (primary N) is 1. The second kappa shape index (κ2) is 4.24. The fourth-order valence-electron chi connectivity index (χ4n) is 2.81. The first-order valence-corrected chi connectivity index (χ1v) is 6.71. The molecule has 1 unspecified atom stereocenters. The van der Waals surface area contributed by atoms with Crippen LogP contribution < -0.4 is 5.73 Å². The summed E-state index contributed by atoms with van der Waals surface area (Å²) in [6.07, 6.45) is 2.16. The molecule has 2 aromatic rings. The molecule has 1 atom stereocenters. The zero-order valence-electron chi connectivity index (χ0n) is 11.9. The van der Waals surface area contributed by atoms with Gasteiger partial charge in [0.25, 0.3) is 0 Å². The highest BCUT2D eigenvalue weighted by atomic mass is 16.1. The topological polar surface area (TPSA) is 73.8 Å². The minimum absolute atomic E-state index is 0.117. The van der Waals surface area contributed by atoms with E-state index in [1.54, 1.807) is 10.9 Å². The first-order chi connectivity index (χ1) is 9.42. The van der Waals surface area contributed by atoms with Gasteiger partial charge in [0.05, 0.1) is 23.0 Å². The lowest BCUT2D eigenvalue weighted by Gasteiger charge is -2.35. The number of nitrogens with zero attached hydrogens (tertiary/aromatic N) is 3. The molecular weight excluding hydrogens is 252 g/mol. The summed E-state index contributed by atoms with van der Waals surface area (Å²) in [5.74, 6) is 0.809. The number of carbonyl (C=O) groups is 1. The quantitative estimate of drug-likeness (QED) is 0.862. The summed E-state index contributed by atoms with van der Waals surface area (Å²) in [5.41, 5.74) is 8.30. The van der Waals surface area contributed by atoms with Crippen LogP contribution in [0.1, 0.15) is 48.1 Å². The van der Waals surface area contributed by atoms with E-state index in [0.29, 0.717) is 17.8 Å². The van der Waals surface area contributed by atoms with Gasteiger partial charge in [-0.05, 0) is 24.5 Å². The van der Waals surface area contributed by atoms with Gasteiger partial charge in [0, 0.05) is 12.6 Å². The molecule has 0 radical (unpaired) electrons. The van der Waals surface area contributed by atoms with Crippen LogP contribution in [0.5, 0.6) is 0 Å². The Balaban J connectivity index is 2.26. The predicted molar refractivity (Wildman–Crippen MR) is 75.8 cm³/mol. The Morgan fingerprint density at radius 2 is 2.15 bits per heavy atom. The van der Waals surface area contributed by atoms with Gasteiger partial charge in [-0.2, -0.15) is 5.10 Å². The van der Waals surface area contributed by atoms with E-state index >= 15 is 0 Å². The summed E-state index contributed by atoms with van der Waals surface area (Å²) in [6, 6.07) is 5.37. The summed E-state index contributed by atoms with van der Waals surface area (Å²) < 4.78 is 1.72. The van der Waals surface area contributed by atoms with Gasteiger partial charge in [0.15, 0.2) is 11.6 Å². The zero-order valence-corrected chi connectivity index (χ0v) is 11.9. The van der Waals surface area contributed by atoms with Crippen molar-refractivity contribution in [1.29, 1.82) is 0 Å². The molecule has 5 nitrogen and oxygen atoms in total. The van der Waals surface area contributed by atoms with Crippen LogP contribution in [0.2, 0.25) is 0 Å². The third-order valence-corrected chi connectivity index (χ3v) is 3.99. The Morgan fingerprint density at radius 3 is 2.80 bits per heavy atom. The van der Waals surface area contributed by atoms with Crippen molar-refractivity contribution in [3.05, 3.63) is 41.3 Å². The van der Waals surface area contributed by atoms with E-state index < -0.39 is 0 Å². The lowest BCUT2D eigenvalue weighted by atomic mass is 9.72. The van der Waals surface area contributed by atoms with Crippen LogP contribution in [-0.4, -0.2) is 20.5 Å². The number of Topliss-reactive ketones (excluding diaryl/α,β-unsaturated/α-hetero) is 1. The number of rotatable bonds is 1. The van der Waals surface area contributed by atoms with Crippen molar-refractivity contribution in [2.24, 2.45) is 11.1 Å². The minimum atomic E-state index is -0.275. The van der Waals surface area contributed by atoms with Crippen molar-refractivity contribution < 1.29 is 4.79 Å². The van der Waals surface area contributed by atoms with Crippen LogP contribution in [0.25, 0.3) is 5.82 Å². The summed E-state index contributed by atoms with van der Waals surface area (Å²) in [4.78, 5) is 16.7. The Bertz CT molecular complexity index is 673. The number of hydrogen-bond donors (Lipinski definition) is 1. The number of aromatic nitrogens is 3. The Kier molecular flexibility index (Phi) is 2.76. The van der Waals surface area contributed by atoms with Gasteiger partial charge in [-0.15, -0.1) is 0 Å². The van der Waals surface area contributed by atoms with Crippen molar-refractivity contribution in [2.75, 3.05) is 0 Å². The Labute approximate surface area is 117 Å². The van der Waals surface area contributed by atoms with Gasteiger partial charge >= 0.3 is 0 Å². The van der Waals surface area contributed by atoms with Gasteiger partial charge in [-0.3, -0.25) is 4.79 Å². The molecule has 0 fully saturated rings. The lowest BCUT2D eigenvalue weighted by molar-refractivity contribution is 0.0881. The van der Waals surface area contributed by atoms with Gasteiger partial charge in [0.1, 0.15) is 0 Å². The molecule has 1 aliphatic rings. The largest absolute Gasteiger partial charge is 0.322 e. The van der Waals surface area contributed by atoms with Gasteiger partial charge in [0.2, 0.25) is 0 Å². The number of carbonyl (C=O) groups excluding carboxylic acids is 1. The number of ketones is 1. The predicted octanol–water partition coefficient (Wildman–Crippen LogP) is 2.19. The van der Waals surface area contributed by atoms with E-state index in [4.69, 9.17) is 5.73 Å². The van der Waals surface area contributed by atoms with Gasteiger partial charge in [-0.1, -0.05) is 19.9 Å². The zero-order chi connectivity index (χ0) is 14.5. The SMILES string of the molecule is Cc1nn(-c2ccccn2)c2c1C(=O)CC(C)(C)C2N. The molecule has 0 amide bonds. The first kappa shape index (κ1) is 13.0. The molecule has 0 saturated carbocycles. The molecule has 0 spiro atoms. The van der Waals surface area contributed by atoms with E-state index in [0.717, 1.165) is 11.4 Å². The van der Waals surface area contributed by atoms with E-state index in [9.17, 15) is 4.79 Å². The third-order valence-electron chi connectivity index (χ3n) is 3.99. The van der Waals surface area contributed by atoms with Crippen molar-refractivity contribution in [3.8, 4) is 5.82 Å². The molecule has 1 aliphatic carbocycles. The molecular formula is C15H18N4O. The van der Waals surface area contributed by atoms with Crippen molar-refractivity contribution >= 4 is 5.78 Å². The average Bonchev–Trinajstić information content (AvgIpc) is 2.75. The van der Waals surface area contributed by atoms with Crippen LogP contribution in [0, 0.1) is 12.3 Å². The standard InChI is InChI=1S/C15H18N4O/c1-9-12-10(20)8-15(2,3)14(16)13(12)19(18-9)11-6-4-5-7-17-11/h4-7,14H,8,16H2,1-3H3. The van der Waals surface area contributed by atoms with E-state index in [-0.39, 0.29) is 17.2 Å². The molecule has 0 bridgehead atoms. The van der Waals surface area contributed by atoms with Crippen molar-refractivity contribution in [2.45, 2.75) is 33.2 Å². The second-order valence-corrected chi connectivity index (χ2v) is 6.01. The van der Waals surface area contributed by atoms with Crippen molar-refractivity contribution in [3.63, 3.8) is 0 Å². The molecule has 20 heavy (non-hydrogen) atoms. The highest BCUT2D eigenvalue weighted by Gasteiger charge is 2.42. The molecule has 2 aromatic heterocycles. The highest BCUT2D eigenvalue weighted by Crippen LogP contribution is 2.43. The van der Waals surface area contributed by atoms with E-state index in [1.807, 2.05) is 39.0 Å². The second-order valence-electron chi connectivity index (χ2n) is 6.01. The maximum Gasteiger partial charge on any atom is 0.167 e. The van der Waals surface area contributed by atoms with Gasteiger partial charge < -0.3 is 5.73 Å². The third kappa shape index (κ3) is 1.78. The summed E-state index contributed by atoms with van der Waals surface area (Å²) in [5, 5.41) is 4.48. The molecule has 0 aliphatic heterocycles. The molecule has 2 heterocycles. The number of hydrogen-bond acceptors (Lipinski definition) is 4. The number of fused-ring (bicyclic) bond motifs is 1. The number of pyridine rings is 1. The maximum absolute atomic E-state index is 12.4. The first-order valence-electron chi connectivity index (χ1n) is 6.71. The number of aryl methyl sites for hydroxylation is 1. The van der Waals surface area contributed by atoms with Crippen LogP contribution in [0.3, 0.4) is 0 Å². The van der Waals surface area contributed by atoms with Crippen LogP contribution in [-0.2, 0) is 0 Å². The Morgan fingerprint density at radius 1 is 1.40 bits per heavy atom. The summed E-state index contributed by atoms with van der Waals surface area (Å²) >= 11 is 0. The van der Waals surface area contributed by atoms with Crippen LogP contribution in [0.15, 0.2) is 24.4 Å². The summed E-state index contributed by atoms with van der Waals surface area (Å²) in [6.45, 7) is 5.88. The smallest absolute Gasteiger partial charge is 0.167 e. The molecule has 3 rings (SSSR count).